The highest BCUT2D eigenvalue weighted by atomic mass is 16.1. The molecule has 4 nitrogen and oxygen atoms in total. The lowest BCUT2D eigenvalue weighted by Gasteiger charge is -1.99. The number of hydrogen-bond acceptors (Lipinski definition) is 3. The van der Waals surface area contributed by atoms with E-state index in [1.165, 1.54) is 0 Å². The number of nitrogens with zero attached hydrogens (tertiary/aromatic N) is 2. The number of Topliss-reactive ketones (excluding diaryl/α,β-unsaturated/α-hetero) is 2. The molecule has 0 fully saturated rings. The molecule has 4 heteroatoms. The molecule has 0 N–H and O–H groups in total. The number of ketones is 2. The van der Waals surface area contributed by atoms with Crippen LogP contribution in [-0.2, 0) is 11.8 Å². The van der Waals surface area contributed by atoms with Gasteiger partial charge in [0.05, 0.1) is 17.7 Å². The number of aryl methyl sites for hydroxylation is 2. The van der Waals surface area contributed by atoms with E-state index < -0.39 is 0 Å². The average Bonchev–Trinajstić information content (AvgIpc) is 2.58. The Kier molecular flexibility index (Phi) is 5.07. The van der Waals surface area contributed by atoms with E-state index in [2.05, 4.69) is 12.0 Å². The van der Waals surface area contributed by atoms with Gasteiger partial charge in [0.1, 0.15) is 5.78 Å². The zero-order valence-electron chi connectivity index (χ0n) is 10.8. The zero-order chi connectivity index (χ0) is 12.8. The van der Waals surface area contributed by atoms with E-state index in [0.29, 0.717) is 17.7 Å². The van der Waals surface area contributed by atoms with E-state index in [0.717, 1.165) is 19.3 Å². The number of rotatable bonds is 7. The van der Waals surface area contributed by atoms with E-state index in [1.54, 1.807) is 24.9 Å². The van der Waals surface area contributed by atoms with Gasteiger partial charge in [-0.3, -0.25) is 14.3 Å². The van der Waals surface area contributed by atoms with Crippen molar-refractivity contribution < 1.29 is 9.59 Å². The number of carbonyl (C=O) groups is 2. The highest BCUT2D eigenvalue weighted by Gasteiger charge is 2.15. The molecule has 0 radical (unpaired) electrons. The summed E-state index contributed by atoms with van der Waals surface area (Å²) in [5, 5.41) is 4.10. The van der Waals surface area contributed by atoms with Gasteiger partial charge < -0.3 is 0 Å². The smallest absolute Gasteiger partial charge is 0.173 e. The van der Waals surface area contributed by atoms with E-state index >= 15 is 0 Å². The summed E-state index contributed by atoms with van der Waals surface area (Å²) in [5.41, 5.74) is 1.26. The molecule has 1 aromatic heterocycles. The van der Waals surface area contributed by atoms with Crippen LogP contribution in [0.5, 0.6) is 0 Å². The van der Waals surface area contributed by atoms with Crippen LogP contribution in [0.4, 0.5) is 0 Å². The van der Waals surface area contributed by atoms with E-state index in [4.69, 9.17) is 0 Å². The molecule has 0 saturated carbocycles. The maximum atomic E-state index is 11.8. The quantitative estimate of drug-likeness (QED) is 0.415. The van der Waals surface area contributed by atoms with E-state index in [-0.39, 0.29) is 18.0 Å². The van der Waals surface area contributed by atoms with Crippen molar-refractivity contribution in [3.05, 3.63) is 17.5 Å². The standard InChI is InChI=1S/C13H20N2O2/c1-4-5-6-7-11(16)8-13(17)12-9-15(3)14-10(12)2/h9H,4-8H2,1-3H3. The average molecular weight is 236 g/mol. The van der Waals surface area contributed by atoms with Crippen LogP contribution < -0.4 is 0 Å². The zero-order valence-corrected chi connectivity index (χ0v) is 10.8. The molecule has 0 spiro atoms. The third-order valence-electron chi connectivity index (χ3n) is 2.73. The third-order valence-corrected chi connectivity index (χ3v) is 2.73. The highest BCUT2D eigenvalue weighted by Crippen LogP contribution is 2.10. The number of unbranched alkanes of at least 4 members (excludes halogenated alkanes) is 2. The minimum Gasteiger partial charge on any atom is -0.299 e. The Morgan fingerprint density at radius 3 is 2.59 bits per heavy atom. The topological polar surface area (TPSA) is 52.0 Å². The van der Waals surface area contributed by atoms with Crippen LogP contribution in [0.25, 0.3) is 0 Å². The summed E-state index contributed by atoms with van der Waals surface area (Å²) in [4.78, 5) is 23.4. The molecular weight excluding hydrogens is 216 g/mol. The van der Waals surface area contributed by atoms with Crippen molar-refractivity contribution in [2.45, 2.75) is 46.0 Å². The van der Waals surface area contributed by atoms with Gasteiger partial charge in [0.25, 0.3) is 0 Å². The first kappa shape index (κ1) is 13.6. The monoisotopic (exact) mass is 236 g/mol. The van der Waals surface area contributed by atoms with Gasteiger partial charge in [-0.25, -0.2) is 0 Å². The lowest BCUT2D eigenvalue weighted by molar-refractivity contribution is -0.118. The van der Waals surface area contributed by atoms with Crippen molar-refractivity contribution in [1.29, 1.82) is 0 Å². The second-order valence-electron chi connectivity index (χ2n) is 4.40. The van der Waals surface area contributed by atoms with Gasteiger partial charge in [0.15, 0.2) is 5.78 Å². The van der Waals surface area contributed by atoms with Crippen LogP contribution in [0.1, 0.15) is 55.1 Å². The molecule has 1 heterocycles. The highest BCUT2D eigenvalue weighted by molar-refractivity contribution is 6.08. The molecule has 1 aromatic rings. The molecule has 0 aliphatic rings. The van der Waals surface area contributed by atoms with Gasteiger partial charge in [0.2, 0.25) is 0 Å². The van der Waals surface area contributed by atoms with Crippen LogP contribution in [0.2, 0.25) is 0 Å². The fourth-order valence-corrected chi connectivity index (χ4v) is 1.81. The van der Waals surface area contributed by atoms with Crippen molar-refractivity contribution in [3.8, 4) is 0 Å². The first-order chi connectivity index (χ1) is 8.04. The summed E-state index contributed by atoms with van der Waals surface area (Å²) >= 11 is 0. The number of aromatic nitrogens is 2. The second kappa shape index (κ2) is 6.33. The maximum Gasteiger partial charge on any atom is 0.173 e. The molecule has 0 aliphatic carbocycles. The molecule has 0 aromatic carbocycles. The molecule has 94 valence electrons. The Balaban J connectivity index is 2.49. The van der Waals surface area contributed by atoms with E-state index in [1.807, 2.05) is 0 Å². The lowest BCUT2D eigenvalue weighted by Crippen LogP contribution is -2.08. The molecular formula is C13H20N2O2. The molecule has 0 aliphatic heterocycles. The summed E-state index contributed by atoms with van der Waals surface area (Å²) in [6, 6.07) is 0. The van der Waals surface area contributed by atoms with Crippen molar-refractivity contribution in [1.82, 2.24) is 9.78 Å². The van der Waals surface area contributed by atoms with Crippen molar-refractivity contribution >= 4 is 11.6 Å². The van der Waals surface area contributed by atoms with Gasteiger partial charge in [0, 0.05) is 19.7 Å². The van der Waals surface area contributed by atoms with Gasteiger partial charge in [-0.05, 0) is 13.3 Å². The van der Waals surface area contributed by atoms with E-state index in [9.17, 15) is 9.59 Å². The summed E-state index contributed by atoms with van der Waals surface area (Å²) < 4.78 is 1.60. The predicted octanol–water partition coefficient (Wildman–Crippen LogP) is 2.45. The SMILES string of the molecule is CCCCCC(=O)CC(=O)c1cn(C)nc1C. The van der Waals surface area contributed by atoms with Crippen LogP contribution in [-0.4, -0.2) is 21.3 Å². The van der Waals surface area contributed by atoms with Crippen LogP contribution in [0.3, 0.4) is 0 Å². The summed E-state index contributed by atoms with van der Waals surface area (Å²) in [6.45, 7) is 3.88. The maximum absolute atomic E-state index is 11.8. The number of hydrogen-bond donors (Lipinski definition) is 0. The van der Waals surface area contributed by atoms with Gasteiger partial charge in [-0.15, -0.1) is 0 Å². The summed E-state index contributed by atoms with van der Waals surface area (Å²) in [6.07, 6.45) is 5.22. The number of carbonyl (C=O) groups excluding carboxylic acids is 2. The van der Waals surface area contributed by atoms with Crippen molar-refractivity contribution in [2.75, 3.05) is 0 Å². The van der Waals surface area contributed by atoms with Crippen LogP contribution in [0, 0.1) is 6.92 Å². The van der Waals surface area contributed by atoms with Crippen LogP contribution in [0.15, 0.2) is 6.20 Å². The molecule has 0 saturated heterocycles. The third kappa shape index (κ3) is 4.13. The first-order valence-corrected chi connectivity index (χ1v) is 6.09. The Morgan fingerprint density at radius 1 is 1.35 bits per heavy atom. The minimum absolute atomic E-state index is 0.0102. The molecule has 0 unspecified atom stereocenters. The largest absolute Gasteiger partial charge is 0.299 e. The van der Waals surface area contributed by atoms with Gasteiger partial charge in [-0.1, -0.05) is 19.8 Å². The Bertz CT molecular complexity index is 408. The fraction of sp³-hybridized carbons (Fsp3) is 0.615. The normalized spacial score (nSPS) is 10.5. The Labute approximate surface area is 102 Å². The van der Waals surface area contributed by atoms with Crippen LogP contribution >= 0.6 is 0 Å². The molecule has 0 bridgehead atoms. The Morgan fingerprint density at radius 2 is 2.06 bits per heavy atom. The summed E-state index contributed by atoms with van der Waals surface area (Å²) in [7, 11) is 1.77. The van der Waals surface area contributed by atoms with Gasteiger partial charge in [-0.2, -0.15) is 5.10 Å². The molecule has 1 rings (SSSR count). The molecule has 0 amide bonds. The second-order valence-corrected chi connectivity index (χ2v) is 4.40. The van der Waals surface area contributed by atoms with Crippen molar-refractivity contribution in [3.63, 3.8) is 0 Å². The first-order valence-electron chi connectivity index (χ1n) is 6.09. The lowest BCUT2D eigenvalue weighted by atomic mass is 10.0. The van der Waals surface area contributed by atoms with Gasteiger partial charge >= 0.3 is 0 Å². The predicted molar refractivity (Wildman–Crippen MR) is 66.0 cm³/mol. The Hall–Kier alpha value is -1.45. The molecule has 17 heavy (non-hydrogen) atoms. The van der Waals surface area contributed by atoms with Crippen molar-refractivity contribution in [2.24, 2.45) is 7.05 Å². The molecule has 0 atom stereocenters. The minimum atomic E-state index is -0.114. The summed E-state index contributed by atoms with van der Waals surface area (Å²) in [5.74, 6) is -0.0798. The fourth-order valence-electron chi connectivity index (χ4n) is 1.81.